The molecule has 2 aliphatic rings. The molecule has 2 aliphatic heterocycles. The molecule has 2 atom stereocenters. The van der Waals surface area contributed by atoms with Crippen molar-refractivity contribution in [1.82, 2.24) is 24.0 Å². The number of aromatic nitrogens is 4. The van der Waals surface area contributed by atoms with Crippen LogP contribution in [-0.2, 0) is 19.6 Å². The highest BCUT2D eigenvalue weighted by Crippen LogP contribution is 2.36. The van der Waals surface area contributed by atoms with Crippen molar-refractivity contribution in [3.63, 3.8) is 0 Å². The van der Waals surface area contributed by atoms with E-state index in [0.29, 0.717) is 11.8 Å². The van der Waals surface area contributed by atoms with Crippen LogP contribution in [0, 0.1) is 5.92 Å². The van der Waals surface area contributed by atoms with E-state index < -0.39 is 0 Å². The van der Waals surface area contributed by atoms with Crippen molar-refractivity contribution in [2.75, 3.05) is 13.1 Å². The maximum Gasteiger partial charge on any atom is 0.251 e. The molecule has 0 aromatic carbocycles. The van der Waals surface area contributed by atoms with Gasteiger partial charge in [0.15, 0.2) is 0 Å². The van der Waals surface area contributed by atoms with Gasteiger partial charge in [-0.15, -0.1) is 0 Å². The first-order valence-electron chi connectivity index (χ1n) is 10.1. The van der Waals surface area contributed by atoms with E-state index in [1.807, 2.05) is 29.2 Å². The summed E-state index contributed by atoms with van der Waals surface area (Å²) in [7, 11) is 0. The molecule has 144 valence electrons. The lowest BCUT2D eigenvalue weighted by Gasteiger charge is -2.42. The summed E-state index contributed by atoms with van der Waals surface area (Å²) >= 11 is 0. The number of nitrogens with zero attached hydrogens (tertiary/aromatic N) is 5. The lowest BCUT2D eigenvalue weighted by Crippen LogP contribution is -2.46. The van der Waals surface area contributed by atoms with Crippen molar-refractivity contribution in [3.05, 3.63) is 70.9 Å². The minimum atomic E-state index is 0.112. The van der Waals surface area contributed by atoms with E-state index in [9.17, 15) is 4.79 Å². The molecule has 6 heteroatoms. The van der Waals surface area contributed by atoms with Gasteiger partial charge in [-0.1, -0.05) is 6.07 Å². The highest BCUT2D eigenvalue weighted by atomic mass is 16.1. The topological polar surface area (TPSA) is 56.0 Å². The molecule has 0 spiro atoms. The number of hydrogen-bond acceptors (Lipinski definition) is 4. The second-order valence-electron chi connectivity index (χ2n) is 8.05. The molecule has 3 aromatic heterocycles. The molecule has 5 rings (SSSR count). The molecule has 28 heavy (non-hydrogen) atoms. The van der Waals surface area contributed by atoms with Gasteiger partial charge in [-0.05, 0) is 37.0 Å². The van der Waals surface area contributed by atoms with Crippen LogP contribution in [-0.4, -0.2) is 37.1 Å². The Morgan fingerprint density at radius 2 is 2.11 bits per heavy atom. The SMILES string of the molecule is CCn1cnc(CN2C[C@@H]3C[C@H](C2)c2cc(-c4cccnc4)cc(=O)n2C3)c1. The van der Waals surface area contributed by atoms with E-state index in [0.717, 1.165) is 56.0 Å². The van der Waals surface area contributed by atoms with Gasteiger partial charge in [0.2, 0.25) is 0 Å². The average molecular weight is 375 g/mol. The first-order chi connectivity index (χ1) is 13.7. The van der Waals surface area contributed by atoms with Gasteiger partial charge in [0, 0.05) is 74.6 Å². The standard InChI is InChI=1S/C22H25N5O/c1-2-25-13-20(24-15-25)14-26-10-16-6-19(12-26)21-7-18(8-22(28)27(21)11-16)17-4-3-5-23-9-17/h3-5,7-9,13,15-16,19H,2,6,10-12,14H2,1H3/t16-,19+/m0/s1. The van der Waals surface area contributed by atoms with E-state index in [1.54, 1.807) is 12.3 Å². The molecule has 0 unspecified atom stereocenters. The molecule has 3 aromatic rings. The fraction of sp³-hybridized carbons (Fsp3) is 0.409. The molecular formula is C22H25N5O. The zero-order valence-corrected chi connectivity index (χ0v) is 16.2. The van der Waals surface area contributed by atoms with E-state index in [-0.39, 0.29) is 5.56 Å². The van der Waals surface area contributed by atoms with Crippen LogP contribution in [0.3, 0.4) is 0 Å². The summed E-state index contributed by atoms with van der Waals surface area (Å²) in [4.78, 5) is 24.1. The quantitative estimate of drug-likeness (QED) is 0.704. The van der Waals surface area contributed by atoms with Crippen LogP contribution in [0.2, 0.25) is 0 Å². The molecule has 6 nitrogen and oxygen atoms in total. The van der Waals surface area contributed by atoms with Crippen molar-refractivity contribution in [3.8, 4) is 11.1 Å². The summed E-state index contributed by atoms with van der Waals surface area (Å²) in [5.74, 6) is 0.923. The fourth-order valence-electron chi connectivity index (χ4n) is 4.78. The van der Waals surface area contributed by atoms with Gasteiger partial charge in [0.25, 0.3) is 5.56 Å². The maximum atomic E-state index is 12.8. The third-order valence-electron chi connectivity index (χ3n) is 6.06. The number of pyridine rings is 2. The Labute approximate surface area is 164 Å². The number of aryl methyl sites for hydroxylation is 1. The Hall–Kier alpha value is -2.73. The van der Waals surface area contributed by atoms with Crippen LogP contribution in [0.25, 0.3) is 11.1 Å². The Morgan fingerprint density at radius 1 is 1.18 bits per heavy atom. The van der Waals surface area contributed by atoms with Crippen LogP contribution in [0.5, 0.6) is 0 Å². The third-order valence-corrected chi connectivity index (χ3v) is 6.06. The zero-order chi connectivity index (χ0) is 19.1. The van der Waals surface area contributed by atoms with Crippen molar-refractivity contribution < 1.29 is 0 Å². The Bertz CT molecular complexity index is 1040. The molecule has 0 radical (unpaired) electrons. The van der Waals surface area contributed by atoms with E-state index >= 15 is 0 Å². The van der Waals surface area contributed by atoms with Gasteiger partial charge >= 0.3 is 0 Å². The van der Waals surface area contributed by atoms with Crippen LogP contribution in [0.1, 0.15) is 30.7 Å². The second kappa shape index (κ2) is 7.02. The zero-order valence-electron chi connectivity index (χ0n) is 16.2. The predicted octanol–water partition coefficient (Wildman–Crippen LogP) is 2.75. The number of likely N-dealkylation sites (tertiary alicyclic amines) is 1. The fourth-order valence-corrected chi connectivity index (χ4v) is 4.78. The largest absolute Gasteiger partial charge is 0.337 e. The van der Waals surface area contributed by atoms with E-state index in [4.69, 9.17) is 0 Å². The Kier molecular flexibility index (Phi) is 4.36. The first kappa shape index (κ1) is 17.4. The van der Waals surface area contributed by atoms with Gasteiger partial charge in [-0.3, -0.25) is 14.7 Å². The molecule has 1 fully saturated rings. The summed E-state index contributed by atoms with van der Waals surface area (Å²) in [6.07, 6.45) is 8.81. The number of imidazole rings is 1. The normalized spacial score (nSPS) is 21.5. The molecule has 0 amide bonds. The minimum Gasteiger partial charge on any atom is -0.337 e. The Morgan fingerprint density at radius 3 is 2.89 bits per heavy atom. The van der Waals surface area contributed by atoms with E-state index in [2.05, 4.69) is 38.6 Å². The number of rotatable bonds is 4. The van der Waals surface area contributed by atoms with Crippen molar-refractivity contribution in [1.29, 1.82) is 0 Å². The molecule has 2 bridgehead atoms. The summed E-state index contributed by atoms with van der Waals surface area (Å²) in [6, 6.07) is 7.90. The summed E-state index contributed by atoms with van der Waals surface area (Å²) < 4.78 is 4.12. The molecule has 0 aliphatic carbocycles. The van der Waals surface area contributed by atoms with Gasteiger partial charge in [-0.2, -0.15) is 0 Å². The van der Waals surface area contributed by atoms with Gasteiger partial charge in [0.05, 0.1) is 12.0 Å². The molecule has 1 saturated heterocycles. The number of hydrogen-bond donors (Lipinski definition) is 0. The summed E-state index contributed by atoms with van der Waals surface area (Å²) in [6.45, 7) is 6.79. The van der Waals surface area contributed by atoms with Crippen molar-refractivity contribution in [2.45, 2.75) is 38.9 Å². The summed E-state index contributed by atoms with van der Waals surface area (Å²) in [5.41, 5.74) is 4.39. The highest BCUT2D eigenvalue weighted by Gasteiger charge is 2.35. The van der Waals surface area contributed by atoms with E-state index in [1.165, 1.54) is 5.69 Å². The van der Waals surface area contributed by atoms with Crippen LogP contribution in [0.15, 0.2) is 54.0 Å². The smallest absolute Gasteiger partial charge is 0.251 e. The summed E-state index contributed by atoms with van der Waals surface area (Å²) in [5, 5.41) is 0. The molecule has 5 heterocycles. The minimum absolute atomic E-state index is 0.112. The lowest BCUT2D eigenvalue weighted by molar-refractivity contribution is 0.113. The Balaban J connectivity index is 1.43. The molecule has 0 saturated carbocycles. The second-order valence-corrected chi connectivity index (χ2v) is 8.05. The lowest BCUT2D eigenvalue weighted by atomic mass is 9.82. The average Bonchev–Trinajstić information content (AvgIpc) is 3.17. The van der Waals surface area contributed by atoms with Crippen LogP contribution >= 0.6 is 0 Å². The van der Waals surface area contributed by atoms with Crippen molar-refractivity contribution in [2.24, 2.45) is 5.92 Å². The molecular weight excluding hydrogens is 350 g/mol. The van der Waals surface area contributed by atoms with Crippen LogP contribution < -0.4 is 5.56 Å². The molecule has 0 N–H and O–H groups in total. The van der Waals surface area contributed by atoms with Gasteiger partial charge in [-0.25, -0.2) is 4.98 Å². The monoisotopic (exact) mass is 375 g/mol. The maximum absolute atomic E-state index is 12.8. The van der Waals surface area contributed by atoms with Crippen molar-refractivity contribution >= 4 is 0 Å². The number of piperidine rings is 1. The van der Waals surface area contributed by atoms with Gasteiger partial charge in [0.1, 0.15) is 0 Å². The van der Waals surface area contributed by atoms with Crippen LogP contribution in [0.4, 0.5) is 0 Å². The van der Waals surface area contributed by atoms with Gasteiger partial charge < -0.3 is 9.13 Å². The predicted molar refractivity (Wildman–Crippen MR) is 108 cm³/mol. The highest BCUT2D eigenvalue weighted by molar-refractivity contribution is 5.62. The third kappa shape index (κ3) is 3.18. The first-order valence-corrected chi connectivity index (χ1v) is 10.1. The number of fused-ring (bicyclic) bond motifs is 4.